The zero-order chi connectivity index (χ0) is 57.2. The number of rotatable bonds is 7. The Morgan fingerprint density at radius 1 is 0.592 bits per heavy atom. The summed E-state index contributed by atoms with van der Waals surface area (Å²) in [6, 6.07) is 4.77. The van der Waals surface area contributed by atoms with Crippen LogP contribution >= 0.6 is 22.6 Å². The summed E-state index contributed by atoms with van der Waals surface area (Å²) in [7, 11) is 9.45. The maximum Gasteiger partial charge on any atom is 0.249 e. The molecule has 0 aromatic heterocycles. The standard InChI is InChI=1S/C51H79IN12O12/c1-33(2)20-37-48(74)55-27-44(70)59(7)30-46(72)61(9)32-47(73)60(8)31-45(71)58(6)28-40(66)53-25-39(65)54-26-43(69)57(5)29-41(67)56-51(23-34(3)4,24-35-16-15-17-36(52)21-35)50(76)63(11)38(22-42(68)62(37)10)49(75)64-18-13-12-14-19-64/h15-17,21,33-34,37-38H,12-14,18-20,22-32H2,1-11H3,(H,53,66)(H,54,65)(H,55,74)(H,56,67). The molecule has 24 nitrogen and oxygen atoms in total. The summed E-state index contributed by atoms with van der Waals surface area (Å²) in [6.07, 6.45) is 1.87. The summed E-state index contributed by atoms with van der Waals surface area (Å²) in [6.45, 7) is 3.99. The lowest BCUT2D eigenvalue weighted by Crippen LogP contribution is -2.65. The van der Waals surface area contributed by atoms with Gasteiger partial charge < -0.3 is 60.5 Å². The topological polar surface area (TPSA) is 279 Å². The van der Waals surface area contributed by atoms with E-state index in [1.165, 1.54) is 59.1 Å². The van der Waals surface area contributed by atoms with Gasteiger partial charge in [0.2, 0.25) is 70.9 Å². The number of amides is 12. The highest BCUT2D eigenvalue weighted by Gasteiger charge is 2.47. The Labute approximate surface area is 459 Å². The molecule has 2 fully saturated rings. The SMILES string of the molecule is CC(C)CC1C(=O)NCC(=O)N(C)CC(=O)N(C)CC(=O)N(C)CC(=O)N(C)CC(=O)NCC(=O)NCC(=O)N(C)CC(=O)NC(Cc2cccc(I)c2)(CC(C)C)C(=O)N(C)C(C(=O)N2CCCCC2)CC(=O)N1C. The van der Waals surface area contributed by atoms with Gasteiger partial charge in [-0.15, -0.1) is 0 Å². The largest absolute Gasteiger partial charge is 0.345 e. The van der Waals surface area contributed by atoms with Crippen LogP contribution in [0.5, 0.6) is 0 Å². The van der Waals surface area contributed by atoms with Crippen molar-refractivity contribution in [3.8, 4) is 0 Å². The van der Waals surface area contributed by atoms with Crippen molar-refractivity contribution in [3.05, 3.63) is 33.4 Å². The van der Waals surface area contributed by atoms with Crippen LogP contribution in [0.25, 0.3) is 0 Å². The molecule has 0 bridgehead atoms. The molecule has 2 aliphatic heterocycles. The highest BCUT2D eigenvalue weighted by atomic mass is 127. The summed E-state index contributed by atoms with van der Waals surface area (Å²) >= 11 is 2.14. The molecule has 3 atom stereocenters. The molecule has 2 aliphatic rings. The molecular formula is C51H79IN12O12. The van der Waals surface area contributed by atoms with Gasteiger partial charge in [-0.3, -0.25) is 57.5 Å². The average molecular weight is 1180 g/mol. The van der Waals surface area contributed by atoms with Gasteiger partial charge in [0.15, 0.2) is 0 Å². The van der Waals surface area contributed by atoms with Crippen molar-refractivity contribution in [2.45, 2.75) is 90.3 Å². The van der Waals surface area contributed by atoms with Gasteiger partial charge >= 0.3 is 0 Å². The number of carbonyl (C=O) groups excluding carboxylic acids is 12. The fraction of sp³-hybridized carbons (Fsp3) is 0.647. The Morgan fingerprint density at radius 3 is 1.63 bits per heavy atom. The molecule has 1 aromatic carbocycles. The molecule has 2 heterocycles. The van der Waals surface area contributed by atoms with Crippen LogP contribution in [0.1, 0.15) is 71.8 Å². The smallest absolute Gasteiger partial charge is 0.249 e. The maximum absolute atomic E-state index is 15.6. The Hall–Kier alpha value is -6.41. The van der Waals surface area contributed by atoms with Crippen molar-refractivity contribution in [2.24, 2.45) is 11.8 Å². The molecule has 0 aliphatic carbocycles. The summed E-state index contributed by atoms with van der Waals surface area (Å²) in [5.41, 5.74) is -1.08. The van der Waals surface area contributed by atoms with Gasteiger partial charge in [-0.1, -0.05) is 39.8 Å². The van der Waals surface area contributed by atoms with Gasteiger partial charge in [0.25, 0.3) is 0 Å². The van der Waals surface area contributed by atoms with E-state index in [1.807, 2.05) is 39.8 Å². The van der Waals surface area contributed by atoms with Crippen molar-refractivity contribution in [2.75, 3.05) is 115 Å². The normalized spacial score (nSPS) is 22.7. The van der Waals surface area contributed by atoms with E-state index in [2.05, 4.69) is 43.9 Å². The molecule has 422 valence electrons. The third-order valence-electron chi connectivity index (χ3n) is 13.2. The van der Waals surface area contributed by atoms with Crippen molar-refractivity contribution < 1.29 is 57.5 Å². The number of nitrogens with zero attached hydrogens (tertiary/aromatic N) is 8. The van der Waals surface area contributed by atoms with Crippen LogP contribution < -0.4 is 21.3 Å². The van der Waals surface area contributed by atoms with E-state index in [1.54, 1.807) is 17.0 Å². The molecule has 0 spiro atoms. The van der Waals surface area contributed by atoms with E-state index < -0.39 is 147 Å². The molecule has 3 rings (SSSR count). The summed E-state index contributed by atoms with van der Waals surface area (Å²) in [5.74, 6) is -8.41. The number of piperidine rings is 1. The van der Waals surface area contributed by atoms with Crippen LogP contribution in [-0.4, -0.2) is 242 Å². The van der Waals surface area contributed by atoms with Crippen LogP contribution in [0.3, 0.4) is 0 Å². The minimum Gasteiger partial charge on any atom is -0.345 e. The first-order valence-electron chi connectivity index (χ1n) is 25.4. The summed E-state index contributed by atoms with van der Waals surface area (Å²) in [4.78, 5) is 174. The van der Waals surface area contributed by atoms with Gasteiger partial charge in [-0.05, 0) is 84.2 Å². The Balaban J connectivity index is 2.10. The third-order valence-corrected chi connectivity index (χ3v) is 13.9. The molecule has 1 aromatic rings. The zero-order valence-corrected chi connectivity index (χ0v) is 48.2. The number of likely N-dealkylation sites (tertiary alicyclic amines) is 1. The van der Waals surface area contributed by atoms with Crippen LogP contribution in [0.15, 0.2) is 24.3 Å². The van der Waals surface area contributed by atoms with Crippen molar-refractivity contribution >= 4 is 93.5 Å². The number of hydrogen-bond donors (Lipinski definition) is 4. The van der Waals surface area contributed by atoms with Crippen molar-refractivity contribution in [1.29, 1.82) is 0 Å². The van der Waals surface area contributed by atoms with E-state index in [9.17, 15) is 52.7 Å². The first-order valence-corrected chi connectivity index (χ1v) is 26.5. The van der Waals surface area contributed by atoms with Crippen LogP contribution in [-0.2, 0) is 64.0 Å². The lowest BCUT2D eigenvalue weighted by Gasteiger charge is -2.42. The molecule has 0 saturated carbocycles. The van der Waals surface area contributed by atoms with E-state index in [0.717, 1.165) is 34.5 Å². The number of nitrogens with one attached hydrogen (secondary N) is 4. The molecular weight excluding hydrogens is 1100 g/mol. The lowest BCUT2D eigenvalue weighted by molar-refractivity contribution is -0.153. The second-order valence-electron chi connectivity index (χ2n) is 20.7. The number of likely N-dealkylation sites (N-methyl/N-ethyl adjacent to an activating group) is 7. The minimum absolute atomic E-state index is 0.0507. The highest BCUT2D eigenvalue weighted by molar-refractivity contribution is 14.1. The minimum atomic E-state index is -1.75. The van der Waals surface area contributed by atoms with Crippen LogP contribution in [0, 0.1) is 15.4 Å². The van der Waals surface area contributed by atoms with Crippen molar-refractivity contribution in [1.82, 2.24) is 60.5 Å². The summed E-state index contributed by atoms with van der Waals surface area (Å²) < 4.78 is 0.846. The number of carbonyl (C=O) groups is 12. The fourth-order valence-corrected chi connectivity index (χ4v) is 9.42. The van der Waals surface area contributed by atoms with Crippen LogP contribution in [0.4, 0.5) is 0 Å². The number of benzene rings is 1. The molecule has 12 amide bonds. The van der Waals surface area contributed by atoms with Gasteiger partial charge in [0, 0.05) is 72.4 Å². The maximum atomic E-state index is 15.6. The van der Waals surface area contributed by atoms with Gasteiger partial charge in [0.1, 0.15) is 17.6 Å². The monoisotopic (exact) mass is 1180 g/mol. The zero-order valence-electron chi connectivity index (χ0n) is 46.0. The average Bonchev–Trinajstić information content (AvgIpc) is 3.35. The summed E-state index contributed by atoms with van der Waals surface area (Å²) in [5, 5.41) is 10.3. The lowest BCUT2D eigenvalue weighted by atomic mass is 9.81. The number of halogens is 1. The quantitative estimate of drug-likeness (QED) is 0.227. The van der Waals surface area contributed by atoms with E-state index in [-0.39, 0.29) is 31.1 Å². The fourth-order valence-electron chi connectivity index (χ4n) is 8.81. The molecule has 2 saturated heterocycles. The van der Waals surface area contributed by atoms with E-state index in [0.29, 0.717) is 31.5 Å². The van der Waals surface area contributed by atoms with Crippen LogP contribution in [0.2, 0.25) is 0 Å². The van der Waals surface area contributed by atoms with Gasteiger partial charge in [-0.25, -0.2) is 0 Å². The van der Waals surface area contributed by atoms with Gasteiger partial charge in [0.05, 0.1) is 58.8 Å². The first kappa shape index (κ1) is 63.9. The second-order valence-corrected chi connectivity index (χ2v) is 22.0. The molecule has 0 radical (unpaired) electrons. The van der Waals surface area contributed by atoms with Gasteiger partial charge in [-0.2, -0.15) is 0 Å². The highest BCUT2D eigenvalue weighted by Crippen LogP contribution is 2.28. The molecule has 25 heteroatoms. The predicted molar refractivity (Wildman–Crippen MR) is 288 cm³/mol. The first-order chi connectivity index (χ1) is 35.5. The van der Waals surface area contributed by atoms with E-state index >= 15 is 4.79 Å². The van der Waals surface area contributed by atoms with E-state index in [4.69, 9.17) is 0 Å². The Kier molecular flexibility index (Phi) is 25.0. The molecule has 3 unspecified atom stereocenters. The predicted octanol–water partition coefficient (Wildman–Crippen LogP) is -1.51. The Bertz CT molecular complexity index is 2310. The second kappa shape index (κ2) is 29.8. The number of hydrogen-bond acceptors (Lipinski definition) is 12. The molecule has 76 heavy (non-hydrogen) atoms. The third kappa shape index (κ3) is 19.6. The molecule has 4 N–H and O–H groups in total. The Morgan fingerprint density at radius 2 is 1.09 bits per heavy atom. The van der Waals surface area contributed by atoms with Crippen molar-refractivity contribution in [3.63, 3.8) is 0 Å².